The molecule has 1 aliphatic heterocycles. The van der Waals surface area contributed by atoms with Crippen LogP contribution in [0.15, 0.2) is 0 Å². The Bertz CT molecular complexity index is 269. The second kappa shape index (κ2) is 7.07. The van der Waals surface area contributed by atoms with Gasteiger partial charge in [0.1, 0.15) is 0 Å². The summed E-state index contributed by atoms with van der Waals surface area (Å²) in [6.45, 7) is 9.07. The van der Waals surface area contributed by atoms with Crippen molar-refractivity contribution in [1.29, 1.82) is 0 Å². The Morgan fingerprint density at radius 3 is 2.56 bits per heavy atom. The van der Waals surface area contributed by atoms with E-state index < -0.39 is 0 Å². The summed E-state index contributed by atoms with van der Waals surface area (Å²) in [4.78, 5) is 16.1. The molecule has 1 N–H and O–H groups in total. The summed E-state index contributed by atoms with van der Waals surface area (Å²) in [6, 6.07) is -0.0400. The molecule has 0 radical (unpaired) electrons. The number of rotatable bonds is 7. The number of carbonyl (C=O) groups is 1. The maximum absolute atomic E-state index is 12.1. The average molecular weight is 257 g/mol. The number of amides is 1. The van der Waals surface area contributed by atoms with Gasteiger partial charge in [0.05, 0.1) is 25.4 Å². The van der Waals surface area contributed by atoms with Gasteiger partial charge in [-0.2, -0.15) is 0 Å². The first-order valence-electron chi connectivity index (χ1n) is 6.72. The molecule has 0 aromatic carbocycles. The largest absolute Gasteiger partial charge is 0.378 e. The van der Waals surface area contributed by atoms with Gasteiger partial charge in [-0.05, 0) is 26.9 Å². The van der Waals surface area contributed by atoms with E-state index in [1.165, 1.54) is 0 Å². The van der Waals surface area contributed by atoms with E-state index in [0.717, 1.165) is 6.54 Å². The van der Waals surface area contributed by atoms with Crippen molar-refractivity contribution in [2.45, 2.75) is 33.0 Å². The summed E-state index contributed by atoms with van der Waals surface area (Å²) in [5.74, 6) is 0.535. The van der Waals surface area contributed by atoms with Gasteiger partial charge in [-0.25, -0.2) is 0 Å². The number of hydrogen-bond donors (Lipinski definition) is 1. The lowest BCUT2D eigenvalue weighted by Crippen LogP contribution is -2.37. The first-order valence-corrected chi connectivity index (χ1v) is 6.72. The first kappa shape index (κ1) is 15.4. The molecular weight excluding hydrogens is 230 g/mol. The molecule has 0 aromatic heterocycles. The van der Waals surface area contributed by atoms with Crippen molar-refractivity contribution in [2.24, 2.45) is 5.92 Å². The summed E-state index contributed by atoms with van der Waals surface area (Å²) in [7, 11) is 4.04. The lowest BCUT2D eigenvalue weighted by atomic mass is 10.1. The van der Waals surface area contributed by atoms with Crippen LogP contribution in [0.1, 0.15) is 20.8 Å². The van der Waals surface area contributed by atoms with Gasteiger partial charge in [-0.3, -0.25) is 10.1 Å². The van der Waals surface area contributed by atoms with Crippen LogP contribution in [0.25, 0.3) is 0 Å². The minimum absolute atomic E-state index is 0.0400. The number of nitrogens with one attached hydrogen (secondary N) is 1. The van der Waals surface area contributed by atoms with E-state index in [1.807, 2.05) is 25.9 Å². The van der Waals surface area contributed by atoms with E-state index in [4.69, 9.17) is 4.74 Å². The normalized spacial score (nSPS) is 24.6. The molecule has 0 spiro atoms. The third-order valence-electron chi connectivity index (χ3n) is 3.26. The molecule has 0 aliphatic carbocycles. The third-order valence-corrected chi connectivity index (χ3v) is 3.26. The Hall–Kier alpha value is -0.650. The van der Waals surface area contributed by atoms with E-state index >= 15 is 0 Å². The van der Waals surface area contributed by atoms with Crippen molar-refractivity contribution in [3.8, 4) is 0 Å². The van der Waals surface area contributed by atoms with Crippen LogP contribution in [0.3, 0.4) is 0 Å². The Morgan fingerprint density at radius 1 is 1.39 bits per heavy atom. The monoisotopic (exact) mass is 257 g/mol. The summed E-state index contributed by atoms with van der Waals surface area (Å²) in [5, 5.41) is 3.32. The van der Waals surface area contributed by atoms with Crippen molar-refractivity contribution in [1.82, 2.24) is 15.1 Å². The molecule has 0 bridgehead atoms. The molecule has 1 heterocycles. The fraction of sp³-hybridized carbons (Fsp3) is 0.923. The van der Waals surface area contributed by atoms with Gasteiger partial charge in [0.2, 0.25) is 5.91 Å². The molecule has 0 aromatic rings. The molecule has 1 aliphatic rings. The molecule has 5 heteroatoms. The minimum Gasteiger partial charge on any atom is -0.378 e. The lowest BCUT2D eigenvalue weighted by molar-refractivity contribution is -0.131. The van der Waals surface area contributed by atoms with Gasteiger partial charge in [0.15, 0.2) is 0 Å². The predicted octanol–water partition coefficient (Wildman–Crippen LogP) is 0.367. The molecule has 1 saturated heterocycles. The van der Waals surface area contributed by atoms with Crippen molar-refractivity contribution in [3.05, 3.63) is 0 Å². The van der Waals surface area contributed by atoms with Crippen LogP contribution in [0.4, 0.5) is 0 Å². The van der Waals surface area contributed by atoms with Crippen LogP contribution < -0.4 is 5.32 Å². The summed E-state index contributed by atoms with van der Waals surface area (Å²) < 4.78 is 5.54. The zero-order valence-corrected chi connectivity index (χ0v) is 12.3. The fourth-order valence-corrected chi connectivity index (χ4v) is 2.08. The Morgan fingerprint density at radius 2 is 2.06 bits per heavy atom. The second-order valence-electron chi connectivity index (χ2n) is 5.51. The highest BCUT2D eigenvalue weighted by atomic mass is 16.5. The van der Waals surface area contributed by atoms with E-state index in [9.17, 15) is 4.79 Å². The van der Waals surface area contributed by atoms with Crippen LogP contribution in [0.2, 0.25) is 0 Å². The van der Waals surface area contributed by atoms with E-state index in [1.54, 1.807) is 0 Å². The molecule has 106 valence electrons. The van der Waals surface area contributed by atoms with E-state index in [0.29, 0.717) is 25.7 Å². The Kier molecular flexibility index (Phi) is 6.05. The molecule has 1 rings (SSSR count). The number of likely N-dealkylation sites (N-methyl/N-ethyl adjacent to an activating group) is 1. The standard InChI is InChI=1S/C13H27N3O2/c1-10(2)12-13(17)16(11(3)14-12)7-9-18-8-6-15(4)5/h10-12,14H,6-9H2,1-5H3. The fourth-order valence-electron chi connectivity index (χ4n) is 2.08. The molecule has 1 fully saturated rings. The van der Waals surface area contributed by atoms with Gasteiger partial charge in [0, 0.05) is 13.1 Å². The van der Waals surface area contributed by atoms with Gasteiger partial charge >= 0.3 is 0 Å². The van der Waals surface area contributed by atoms with Crippen LogP contribution in [-0.2, 0) is 9.53 Å². The molecule has 2 unspecified atom stereocenters. The van der Waals surface area contributed by atoms with Crippen LogP contribution in [0.5, 0.6) is 0 Å². The lowest BCUT2D eigenvalue weighted by Gasteiger charge is -2.21. The first-order chi connectivity index (χ1) is 8.43. The third kappa shape index (κ3) is 4.23. The Balaban J connectivity index is 2.27. The van der Waals surface area contributed by atoms with Crippen LogP contribution in [0, 0.1) is 5.92 Å². The highest BCUT2D eigenvalue weighted by Crippen LogP contribution is 2.16. The zero-order valence-electron chi connectivity index (χ0n) is 12.3. The van der Waals surface area contributed by atoms with Gasteiger partial charge in [-0.1, -0.05) is 13.8 Å². The van der Waals surface area contributed by atoms with Crippen LogP contribution in [-0.4, -0.2) is 68.3 Å². The molecule has 0 saturated carbocycles. The summed E-state index contributed by atoms with van der Waals surface area (Å²) in [5.41, 5.74) is 0. The number of carbonyl (C=O) groups excluding carboxylic acids is 1. The smallest absolute Gasteiger partial charge is 0.241 e. The predicted molar refractivity (Wildman–Crippen MR) is 72.3 cm³/mol. The quantitative estimate of drug-likeness (QED) is 0.669. The van der Waals surface area contributed by atoms with Crippen molar-refractivity contribution in [2.75, 3.05) is 40.4 Å². The highest BCUT2D eigenvalue weighted by molar-refractivity contribution is 5.84. The Labute approximate surface area is 110 Å². The maximum Gasteiger partial charge on any atom is 0.241 e. The number of ether oxygens (including phenoxy) is 1. The number of hydrogen-bond acceptors (Lipinski definition) is 4. The topological polar surface area (TPSA) is 44.8 Å². The van der Waals surface area contributed by atoms with E-state index in [2.05, 4.69) is 24.1 Å². The summed E-state index contributed by atoms with van der Waals surface area (Å²) >= 11 is 0. The van der Waals surface area contributed by atoms with Gasteiger partial charge in [-0.15, -0.1) is 0 Å². The molecule has 1 amide bonds. The minimum atomic E-state index is -0.0400. The van der Waals surface area contributed by atoms with Crippen molar-refractivity contribution in [3.63, 3.8) is 0 Å². The van der Waals surface area contributed by atoms with Gasteiger partial charge in [0.25, 0.3) is 0 Å². The van der Waals surface area contributed by atoms with Gasteiger partial charge < -0.3 is 14.5 Å². The SMILES string of the molecule is CC(C)C1NC(C)N(CCOCCN(C)C)C1=O. The maximum atomic E-state index is 12.1. The average Bonchev–Trinajstić information content (AvgIpc) is 2.55. The van der Waals surface area contributed by atoms with E-state index in [-0.39, 0.29) is 18.1 Å². The second-order valence-corrected chi connectivity index (χ2v) is 5.51. The van der Waals surface area contributed by atoms with Crippen LogP contribution >= 0.6 is 0 Å². The van der Waals surface area contributed by atoms with Crippen molar-refractivity contribution >= 4 is 5.91 Å². The van der Waals surface area contributed by atoms with Crippen molar-refractivity contribution < 1.29 is 9.53 Å². The molecular formula is C13H27N3O2. The molecule has 2 atom stereocenters. The molecule has 18 heavy (non-hydrogen) atoms. The zero-order chi connectivity index (χ0) is 13.7. The summed E-state index contributed by atoms with van der Waals surface area (Å²) in [6.07, 6.45) is 0.113. The molecule has 5 nitrogen and oxygen atoms in total. The number of nitrogens with zero attached hydrogens (tertiary/aromatic N) is 2. The highest BCUT2D eigenvalue weighted by Gasteiger charge is 2.37.